The third-order valence-electron chi connectivity index (χ3n) is 6.52. The van der Waals surface area contributed by atoms with E-state index in [0.717, 1.165) is 43.6 Å². The molecule has 8 nitrogen and oxygen atoms in total. The van der Waals surface area contributed by atoms with E-state index in [1.54, 1.807) is 6.21 Å². The van der Waals surface area contributed by atoms with Gasteiger partial charge in [-0.15, -0.1) is 0 Å². The van der Waals surface area contributed by atoms with Crippen LogP contribution in [0.25, 0.3) is 0 Å². The Kier molecular flexibility index (Phi) is 9.09. The summed E-state index contributed by atoms with van der Waals surface area (Å²) in [6, 6.07) is 8.40. The first-order chi connectivity index (χ1) is 15.4. The predicted molar refractivity (Wildman–Crippen MR) is 115 cm³/mol. The number of anilines is 1. The summed E-state index contributed by atoms with van der Waals surface area (Å²) in [7, 11) is 2.09. The van der Waals surface area contributed by atoms with Gasteiger partial charge in [-0.05, 0) is 55.2 Å². The fraction of sp³-hybridized carbons (Fsp3) is 0.591. The van der Waals surface area contributed by atoms with Gasteiger partial charge in [0.1, 0.15) is 5.97 Å². The Bertz CT molecular complexity index is 814. The fourth-order valence-corrected chi connectivity index (χ4v) is 4.65. The number of carbonyl (C=O) groups excluding carboxylic acids is 1. The summed E-state index contributed by atoms with van der Waals surface area (Å²) in [4.78, 5) is 22.3. The number of aliphatic carboxylic acids is 2. The molecule has 184 valence electrons. The molecule has 2 saturated heterocycles. The number of likely N-dealkylation sites (N-methyl/N-ethyl adjacent to an activating group) is 1. The number of hydrogen-bond acceptors (Lipinski definition) is 6. The van der Waals surface area contributed by atoms with Crippen molar-refractivity contribution in [2.75, 3.05) is 44.7 Å². The van der Waals surface area contributed by atoms with E-state index in [2.05, 4.69) is 41.3 Å². The smallest absolute Gasteiger partial charge is 0.430 e. The number of carboxylic acid groups (broad SMARTS) is 2. The monoisotopic (exact) mass is 472 g/mol. The Balaban J connectivity index is 0.000000479. The number of nitrogens with two attached hydrogens (primary N) is 1. The van der Waals surface area contributed by atoms with Gasteiger partial charge in [-0.3, -0.25) is 0 Å². The van der Waals surface area contributed by atoms with Crippen LogP contribution in [-0.2, 0) is 9.59 Å². The van der Waals surface area contributed by atoms with Crippen LogP contribution in [-0.4, -0.2) is 73.7 Å². The van der Waals surface area contributed by atoms with Crippen LogP contribution in [0.15, 0.2) is 29.4 Å². The van der Waals surface area contributed by atoms with Crippen LogP contribution in [0, 0.1) is 11.8 Å². The molecule has 0 aromatic heterocycles. The molecule has 2 fully saturated rings. The van der Waals surface area contributed by atoms with Gasteiger partial charge in [0.15, 0.2) is 6.54 Å². The molecule has 2 aliphatic heterocycles. The van der Waals surface area contributed by atoms with Crippen LogP contribution < -0.4 is 15.8 Å². The molecule has 33 heavy (non-hydrogen) atoms. The van der Waals surface area contributed by atoms with Crippen molar-refractivity contribution in [3.8, 4) is 0 Å². The summed E-state index contributed by atoms with van der Waals surface area (Å²) in [6.07, 6.45) is 1.28. The average Bonchev–Trinajstić information content (AvgIpc) is 2.74. The molecular weight excluding hydrogens is 441 g/mol. The van der Waals surface area contributed by atoms with Crippen molar-refractivity contribution in [3.63, 3.8) is 0 Å². The van der Waals surface area contributed by atoms with Crippen LogP contribution in [0.1, 0.15) is 31.2 Å². The summed E-state index contributed by atoms with van der Waals surface area (Å²) in [5, 5.41) is 21.4. The lowest BCUT2D eigenvalue weighted by Crippen LogP contribution is -2.53. The highest BCUT2D eigenvalue weighted by atomic mass is 19.4. The zero-order valence-corrected chi connectivity index (χ0v) is 18.6. The normalized spacial score (nSPS) is 24.2. The molecule has 1 aromatic carbocycles. The number of quaternary nitrogens is 1. The lowest BCUT2D eigenvalue weighted by Gasteiger charge is -2.43. The average molecular weight is 473 g/mol. The highest BCUT2D eigenvalue weighted by Gasteiger charge is 2.36. The van der Waals surface area contributed by atoms with E-state index in [-0.39, 0.29) is 6.54 Å². The standard InChI is InChI=1S/C20H30N4O2.C2HF3O2/c1-24(15-20(25)26)12-8-18(9-13-24)17-6-10-23(11-7-17)19-4-2-16(3-5-19)14-22-21;3-2(4,5)1(6)7/h2-5,14,17-18H,6-13,15,21H2,1H3;(H,6,7)/b22-14+;. The Morgan fingerprint density at radius 1 is 1.15 bits per heavy atom. The van der Waals surface area contributed by atoms with Gasteiger partial charge in [-0.2, -0.15) is 18.3 Å². The molecule has 1 aromatic rings. The lowest BCUT2D eigenvalue weighted by molar-refractivity contribution is -0.908. The summed E-state index contributed by atoms with van der Waals surface area (Å²) in [5.74, 6) is 3.06. The zero-order valence-electron chi connectivity index (χ0n) is 18.6. The maximum atomic E-state index is 11.0. The molecule has 0 amide bonds. The van der Waals surface area contributed by atoms with Crippen LogP contribution in [0.5, 0.6) is 0 Å². The predicted octanol–water partition coefficient (Wildman–Crippen LogP) is 1.44. The first-order valence-corrected chi connectivity index (χ1v) is 10.9. The van der Waals surface area contributed by atoms with Crippen molar-refractivity contribution in [3.05, 3.63) is 29.8 Å². The summed E-state index contributed by atoms with van der Waals surface area (Å²) >= 11 is 0. The van der Waals surface area contributed by atoms with Crippen LogP contribution in [0.3, 0.4) is 0 Å². The molecular formula is C22H31F3N4O4. The summed E-state index contributed by atoms with van der Waals surface area (Å²) in [6.45, 7) is 4.47. The van der Waals surface area contributed by atoms with Gasteiger partial charge in [0, 0.05) is 18.8 Å². The lowest BCUT2D eigenvalue weighted by atomic mass is 9.78. The van der Waals surface area contributed by atoms with Crippen LogP contribution >= 0.6 is 0 Å². The Labute approximate surface area is 191 Å². The molecule has 3 N–H and O–H groups in total. The van der Waals surface area contributed by atoms with E-state index in [1.807, 2.05) is 0 Å². The van der Waals surface area contributed by atoms with Gasteiger partial charge in [0.05, 0.1) is 26.4 Å². The maximum Gasteiger partial charge on any atom is 0.430 e. The number of benzene rings is 1. The van der Waals surface area contributed by atoms with E-state index in [4.69, 9.17) is 20.9 Å². The van der Waals surface area contributed by atoms with E-state index in [1.165, 1.54) is 31.4 Å². The second kappa shape index (κ2) is 11.4. The molecule has 3 rings (SSSR count). The number of carbonyl (C=O) groups is 2. The van der Waals surface area contributed by atoms with Gasteiger partial charge in [0.25, 0.3) is 0 Å². The van der Waals surface area contributed by atoms with Crippen molar-refractivity contribution >= 4 is 23.8 Å². The highest BCUT2D eigenvalue weighted by Crippen LogP contribution is 2.35. The van der Waals surface area contributed by atoms with Crippen LogP contribution in [0.4, 0.5) is 18.9 Å². The van der Waals surface area contributed by atoms with Gasteiger partial charge >= 0.3 is 12.1 Å². The largest absolute Gasteiger partial charge is 0.542 e. The number of hydrogen-bond donors (Lipinski definition) is 2. The Morgan fingerprint density at radius 2 is 1.64 bits per heavy atom. The molecule has 0 saturated carbocycles. The van der Waals surface area contributed by atoms with Crippen molar-refractivity contribution < 1.29 is 37.5 Å². The molecule has 0 bridgehead atoms. The number of carboxylic acids is 2. The minimum absolute atomic E-state index is 0.260. The molecule has 2 aliphatic rings. The minimum atomic E-state index is -5.19. The first-order valence-electron chi connectivity index (χ1n) is 10.9. The number of piperidine rings is 2. The third-order valence-corrected chi connectivity index (χ3v) is 6.52. The van der Waals surface area contributed by atoms with E-state index in [0.29, 0.717) is 4.48 Å². The maximum absolute atomic E-state index is 11.0. The highest BCUT2D eigenvalue weighted by molar-refractivity contribution is 5.80. The number of alkyl halides is 3. The topological polar surface area (TPSA) is 119 Å². The Morgan fingerprint density at radius 3 is 2.06 bits per heavy atom. The molecule has 2 heterocycles. The van der Waals surface area contributed by atoms with Gasteiger partial charge in [-0.25, -0.2) is 4.79 Å². The second-order valence-corrected chi connectivity index (χ2v) is 8.94. The SMILES string of the molecule is C[N+]1(CC(=O)O)CCC(C2CCN(c3ccc(/C=N/N)cc3)CC2)CC1.O=C([O-])C(F)(F)F. The van der Waals surface area contributed by atoms with E-state index >= 15 is 0 Å². The minimum Gasteiger partial charge on any atom is -0.542 e. The third kappa shape index (κ3) is 8.23. The number of halogens is 3. The summed E-state index contributed by atoms with van der Waals surface area (Å²) in [5.41, 5.74) is 2.29. The number of hydrazone groups is 1. The van der Waals surface area contributed by atoms with Crippen molar-refractivity contribution in [1.29, 1.82) is 0 Å². The van der Waals surface area contributed by atoms with Crippen LogP contribution in [0.2, 0.25) is 0 Å². The van der Waals surface area contributed by atoms with Crippen molar-refractivity contribution in [1.82, 2.24) is 0 Å². The molecule has 0 atom stereocenters. The number of likely N-dealkylation sites (tertiary alicyclic amines) is 1. The van der Waals surface area contributed by atoms with Gasteiger partial charge in [-0.1, -0.05) is 12.1 Å². The molecule has 0 aliphatic carbocycles. The van der Waals surface area contributed by atoms with Crippen molar-refractivity contribution in [2.45, 2.75) is 31.9 Å². The van der Waals surface area contributed by atoms with E-state index in [9.17, 15) is 18.0 Å². The molecule has 11 heteroatoms. The fourth-order valence-electron chi connectivity index (χ4n) is 4.65. The number of rotatable bonds is 5. The first kappa shape index (κ1) is 26.4. The summed E-state index contributed by atoms with van der Waals surface area (Å²) < 4.78 is 32.2. The molecule has 0 spiro atoms. The zero-order chi connectivity index (χ0) is 24.6. The molecule has 0 unspecified atom stereocenters. The quantitative estimate of drug-likeness (QED) is 0.290. The Hall–Kier alpha value is -2.82. The van der Waals surface area contributed by atoms with Gasteiger partial charge in [0.2, 0.25) is 0 Å². The molecule has 0 radical (unpaired) electrons. The van der Waals surface area contributed by atoms with Gasteiger partial charge < -0.3 is 30.2 Å². The van der Waals surface area contributed by atoms with Crippen molar-refractivity contribution in [2.24, 2.45) is 22.8 Å². The van der Waals surface area contributed by atoms with E-state index < -0.39 is 18.1 Å². The number of nitrogens with zero attached hydrogens (tertiary/aromatic N) is 3. The second-order valence-electron chi connectivity index (χ2n) is 8.94.